The number of benzene rings is 1. The monoisotopic (exact) mass is 420 g/mol. The number of carbonyl (C=O) groups is 2. The van der Waals surface area contributed by atoms with Crippen molar-refractivity contribution < 1.29 is 14.7 Å². The van der Waals surface area contributed by atoms with Gasteiger partial charge in [-0.15, -0.1) is 0 Å². The summed E-state index contributed by atoms with van der Waals surface area (Å²) in [5.74, 6) is -1.07. The second kappa shape index (κ2) is 7.49. The third-order valence-electron chi connectivity index (χ3n) is 4.64. The minimum absolute atomic E-state index is 0.0139. The van der Waals surface area contributed by atoms with Gasteiger partial charge in [0.25, 0.3) is 0 Å². The first-order valence-corrected chi connectivity index (χ1v) is 9.39. The number of carboxylic acid groups (broad SMARTS) is 1. The Hall–Kier alpha value is -2.35. The second-order valence-electron chi connectivity index (χ2n) is 6.09. The van der Waals surface area contributed by atoms with Crippen molar-refractivity contribution in [3.05, 3.63) is 45.7 Å². The minimum atomic E-state index is -1.07. The van der Waals surface area contributed by atoms with Crippen LogP contribution in [0.25, 0.3) is 5.69 Å². The quantitative estimate of drug-likeness (QED) is 0.823. The predicted molar refractivity (Wildman–Crippen MR) is 101 cm³/mol. The molecule has 0 spiro atoms. The first-order chi connectivity index (χ1) is 12.5. The maximum Gasteiger partial charge on any atom is 0.356 e. The van der Waals surface area contributed by atoms with E-state index in [-0.39, 0.29) is 18.3 Å². The Morgan fingerprint density at radius 2 is 1.88 bits per heavy atom. The molecule has 1 N–H and O–H groups in total. The molecule has 2 aromatic rings. The van der Waals surface area contributed by atoms with E-state index in [1.807, 2.05) is 38.1 Å². The Balaban J connectivity index is 1.98. The molecule has 0 bridgehead atoms. The van der Waals surface area contributed by atoms with Crippen LogP contribution in [0.2, 0.25) is 0 Å². The van der Waals surface area contributed by atoms with Crippen LogP contribution in [0.3, 0.4) is 0 Å². The number of aromatic carboxylic acids is 1. The van der Waals surface area contributed by atoms with Gasteiger partial charge in [0.05, 0.1) is 17.9 Å². The number of carbonyl (C=O) groups excluding carboxylic acids is 1. The standard InChI is InChI=1S/C18H21BrN4O3/c1-3-21(4-2)18(26)22-10-9-15-14(11-22)16(17(24)25)20-23(15)13-7-5-12(19)6-8-13/h5-8H,3-4,9-11H2,1-2H3,(H,24,25). The SMILES string of the molecule is CCN(CC)C(=O)N1CCc2c(c(C(=O)O)nn2-c2ccc(Br)cc2)C1. The van der Waals surface area contributed by atoms with Crippen molar-refractivity contribution in [2.24, 2.45) is 0 Å². The number of urea groups is 1. The molecule has 1 aromatic heterocycles. The lowest BCUT2D eigenvalue weighted by atomic mass is 10.0. The van der Waals surface area contributed by atoms with Gasteiger partial charge >= 0.3 is 12.0 Å². The van der Waals surface area contributed by atoms with E-state index in [4.69, 9.17) is 0 Å². The number of carboxylic acids is 1. The van der Waals surface area contributed by atoms with E-state index < -0.39 is 5.97 Å². The van der Waals surface area contributed by atoms with Gasteiger partial charge in [-0.2, -0.15) is 5.10 Å². The van der Waals surface area contributed by atoms with Crippen molar-refractivity contribution in [3.63, 3.8) is 0 Å². The number of hydrogen-bond donors (Lipinski definition) is 1. The first kappa shape index (κ1) is 18.4. The fourth-order valence-electron chi connectivity index (χ4n) is 3.24. The Kier molecular flexibility index (Phi) is 5.31. The third kappa shape index (κ3) is 3.33. The molecule has 0 unspecified atom stereocenters. The molecule has 0 atom stereocenters. The fraction of sp³-hybridized carbons (Fsp3) is 0.389. The summed E-state index contributed by atoms with van der Waals surface area (Å²) in [4.78, 5) is 27.8. The summed E-state index contributed by atoms with van der Waals surface area (Å²) in [6.45, 7) is 5.94. The van der Waals surface area contributed by atoms with Crippen molar-refractivity contribution >= 4 is 27.9 Å². The van der Waals surface area contributed by atoms with Crippen molar-refractivity contribution in [1.29, 1.82) is 0 Å². The number of aromatic nitrogens is 2. The topological polar surface area (TPSA) is 78.7 Å². The van der Waals surface area contributed by atoms with Crippen LogP contribution in [0, 0.1) is 0 Å². The van der Waals surface area contributed by atoms with Crippen LogP contribution < -0.4 is 0 Å². The molecule has 8 heteroatoms. The van der Waals surface area contributed by atoms with Gasteiger partial charge in [-0.3, -0.25) is 0 Å². The molecular weight excluding hydrogens is 400 g/mol. The maximum atomic E-state index is 12.6. The molecular formula is C18H21BrN4O3. The van der Waals surface area contributed by atoms with Gasteiger partial charge in [0.1, 0.15) is 0 Å². The van der Waals surface area contributed by atoms with Crippen molar-refractivity contribution in [3.8, 4) is 5.69 Å². The normalized spacial score (nSPS) is 13.4. The molecule has 1 aliphatic rings. The summed E-state index contributed by atoms with van der Waals surface area (Å²) in [6, 6.07) is 7.49. The van der Waals surface area contributed by atoms with Gasteiger partial charge in [-0.25, -0.2) is 14.3 Å². The fourth-order valence-corrected chi connectivity index (χ4v) is 3.51. The molecule has 3 rings (SSSR count). The van der Waals surface area contributed by atoms with Crippen LogP contribution >= 0.6 is 15.9 Å². The van der Waals surface area contributed by atoms with Crippen LogP contribution in [0.5, 0.6) is 0 Å². The number of nitrogens with zero attached hydrogens (tertiary/aromatic N) is 4. The highest BCUT2D eigenvalue weighted by atomic mass is 79.9. The molecule has 1 aliphatic heterocycles. The Labute approximate surface area is 160 Å². The van der Waals surface area contributed by atoms with Gasteiger partial charge in [0, 0.05) is 36.1 Å². The molecule has 0 fully saturated rings. The van der Waals surface area contributed by atoms with Crippen LogP contribution in [0.1, 0.15) is 35.6 Å². The summed E-state index contributed by atoms with van der Waals surface area (Å²) in [5.41, 5.74) is 2.29. The molecule has 2 heterocycles. The third-order valence-corrected chi connectivity index (χ3v) is 5.16. The van der Waals surface area contributed by atoms with E-state index >= 15 is 0 Å². The predicted octanol–water partition coefficient (Wildman–Crippen LogP) is 3.15. The molecule has 0 saturated carbocycles. The van der Waals surface area contributed by atoms with Crippen LogP contribution in [-0.2, 0) is 13.0 Å². The lowest BCUT2D eigenvalue weighted by molar-refractivity contribution is 0.0686. The molecule has 0 saturated heterocycles. The number of amides is 2. The highest BCUT2D eigenvalue weighted by Crippen LogP contribution is 2.26. The summed E-state index contributed by atoms with van der Waals surface area (Å²) < 4.78 is 2.63. The van der Waals surface area contributed by atoms with Crippen LogP contribution in [0.4, 0.5) is 4.79 Å². The summed E-state index contributed by atoms with van der Waals surface area (Å²) >= 11 is 3.40. The number of rotatable bonds is 4. The second-order valence-corrected chi connectivity index (χ2v) is 7.01. The lowest BCUT2D eigenvalue weighted by Crippen LogP contribution is -2.45. The lowest BCUT2D eigenvalue weighted by Gasteiger charge is -2.32. The minimum Gasteiger partial charge on any atom is -0.476 e. The van der Waals surface area contributed by atoms with Crippen LogP contribution in [0.15, 0.2) is 28.7 Å². The van der Waals surface area contributed by atoms with E-state index in [1.54, 1.807) is 14.5 Å². The molecule has 26 heavy (non-hydrogen) atoms. The Morgan fingerprint density at radius 1 is 1.23 bits per heavy atom. The Morgan fingerprint density at radius 3 is 2.46 bits per heavy atom. The Bertz CT molecular complexity index is 828. The number of halogens is 1. The summed E-state index contributed by atoms with van der Waals surface area (Å²) in [6.07, 6.45) is 0.568. The average Bonchev–Trinajstić information content (AvgIpc) is 3.02. The zero-order chi connectivity index (χ0) is 18.8. The summed E-state index contributed by atoms with van der Waals surface area (Å²) in [7, 11) is 0. The van der Waals surface area contributed by atoms with Crippen molar-refractivity contribution in [2.75, 3.05) is 19.6 Å². The highest BCUT2D eigenvalue weighted by Gasteiger charge is 2.31. The first-order valence-electron chi connectivity index (χ1n) is 8.60. The molecule has 138 valence electrons. The zero-order valence-corrected chi connectivity index (χ0v) is 16.4. The number of hydrogen-bond acceptors (Lipinski definition) is 3. The van der Waals surface area contributed by atoms with E-state index in [1.165, 1.54) is 0 Å². The molecule has 1 aromatic carbocycles. The van der Waals surface area contributed by atoms with Gasteiger partial charge < -0.3 is 14.9 Å². The van der Waals surface area contributed by atoms with E-state index in [0.717, 1.165) is 15.9 Å². The van der Waals surface area contributed by atoms with Gasteiger partial charge in [-0.05, 0) is 38.1 Å². The highest BCUT2D eigenvalue weighted by molar-refractivity contribution is 9.10. The average molecular weight is 421 g/mol. The number of fused-ring (bicyclic) bond motifs is 1. The van der Waals surface area contributed by atoms with Crippen molar-refractivity contribution in [2.45, 2.75) is 26.8 Å². The smallest absolute Gasteiger partial charge is 0.356 e. The maximum absolute atomic E-state index is 12.6. The largest absolute Gasteiger partial charge is 0.476 e. The molecule has 7 nitrogen and oxygen atoms in total. The van der Waals surface area contributed by atoms with E-state index in [2.05, 4.69) is 21.0 Å². The molecule has 2 amide bonds. The van der Waals surface area contributed by atoms with Crippen LogP contribution in [-0.4, -0.2) is 56.3 Å². The molecule has 0 aliphatic carbocycles. The van der Waals surface area contributed by atoms with E-state index in [9.17, 15) is 14.7 Å². The molecule has 0 radical (unpaired) electrons. The van der Waals surface area contributed by atoms with Gasteiger partial charge in [0.2, 0.25) is 0 Å². The van der Waals surface area contributed by atoms with Crippen molar-refractivity contribution in [1.82, 2.24) is 19.6 Å². The van der Waals surface area contributed by atoms with Gasteiger partial charge in [0.15, 0.2) is 5.69 Å². The van der Waals surface area contributed by atoms with Gasteiger partial charge in [-0.1, -0.05) is 15.9 Å². The zero-order valence-electron chi connectivity index (χ0n) is 14.8. The summed E-state index contributed by atoms with van der Waals surface area (Å²) in [5, 5.41) is 13.9. The van der Waals surface area contributed by atoms with E-state index in [0.29, 0.717) is 31.6 Å².